The molecule has 1 aliphatic heterocycles. The van der Waals surface area contributed by atoms with E-state index < -0.39 is 10.0 Å². The first-order valence-electron chi connectivity index (χ1n) is 10.6. The Morgan fingerprint density at radius 3 is 2.28 bits per heavy atom. The first kappa shape index (κ1) is 22.0. The van der Waals surface area contributed by atoms with Crippen molar-refractivity contribution in [3.05, 3.63) is 82.9 Å². The fourth-order valence-electron chi connectivity index (χ4n) is 3.52. The van der Waals surface area contributed by atoms with Crippen LogP contribution in [0.15, 0.2) is 66.1 Å². The number of anilines is 3. The van der Waals surface area contributed by atoms with Gasteiger partial charge in [0.15, 0.2) is 0 Å². The highest BCUT2D eigenvalue weighted by molar-refractivity contribution is 7.92. The van der Waals surface area contributed by atoms with E-state index in [-0.39, 0.29) is 0 Å². The average molecular weight is 450 g/mol. The van der Waals surface area contributed by atoms with Crippen LogP contribution in [0.4, 0.5) is 17.5 Å². The summed E-state index contributed by atoms with van der Waals surface area (Å²) in [5, 5.41) is 4.54. The molecule has 1 fully saturated rings. The molecule has 0 atom stereocenters. The van der Waals surface area contributed by atoms with E-state index in [0.717, 1.165) is 22.8 Å². The molecule has 32 heavy (non-hydrogen) atoms. The minimum Gasteiger partial charge on any atom is -0.354 e. The molecule has 0 amide bonds. The van der Waals surface area contributed by atoms with E-state index >= 15 is 0 Å². The third-order valence-corrected chi connectivity index (χ3v) is 6.87. The van der Waals surface area contributed by atoms with Crippen LogP contribution < -0.4 is 10.2 Å². The lowest BCUT2D eigenvalue weighted by Gasteiger charge is -2.34. The fraction of sp³-hybridized carbons (Fsp3) is 0.250. The molecule has 0 saturated carbocycles. The number of aryl methyl sites for hydroxylation is 2. The lowest BCUT2D eigenvalue weighted by atomic mass is 10.2. The van der Waals surface area contributed by atoms with Crippen LogP contribution in [0.25, 0.3) is 6.08 Å². The predicted molar refractivity (Wildman–Crippen MR) is 129 cm³/mol. The quantitative estimate of drug-likeness (QED) is 0.614. The van der Waals surface area contributed by atoms with Crippen molar-refractivity contribution in [2.45, 2.75) is 13.8 Å². The molecule has 0 aliphatic carbocycles. The summed E-state index contributed by atoms with van der Waals surface area (Å²) in [6.07, 6.45) is 1.64. The first-order chi connectivity index (χ1) is 15.4. The molecular weight excluding hydrogens is 422 g/mol. The molecule has 0 radical (unpaired) electrons. The van der Waals surface area contributed by atoms with Gasteiger partial charge < -0.3 is 10.2 Å². The van der Waals surface area contributed by atoms with Crippen molar-refractivity contribution in [2.24, 2.45) is 0 Å². The molecule has 166 valence electrons. The first-order valence-corrected chi connectivity index (χ1v) is 12.1. The molecule has 4 rings (SSSR count). The monoisotopic (exact) mass is 449 g/mol. The predicted octanol–water partition coefficient (Wildman–Crippen LogP) is 3.96. The molecule has 1 aliphatic rings. The SMILES string of the molecule is Cc1ccc(Nc2nc(C)cc(N3CCN(S(=O)(=O)/C=C/c4ccccc4)CC3)n2)cc1. The van der Waals surface area contributed by atoms with Crippen LogP contribution in [0.2, 0.25) is 0 Å². The van der Waals surface area contributed by atoms with Gasteiger partial charge in [-0.2, -0.15) is 9.29 Å². The van der Waals surface area contributed by atoms with Crippen LogP contribution in [0.5, 0.6) is 0 Å². The van der Waals surface area contributed by atoms with Crippen LogP contribution in [0, 0.1) is 13.8 Å². The second-order valence-corrected chi connectivity index (χ2v) is 9.65. The molecule has 1 N–H and O–H groups in total. The number of nitrogens with one attached hydrogen (secondary N) is 1. The fourth-order valence-corrected chi connectivity index (χ4v) is 4.70. The highest BCUT2D eigenvalue weighted by Gasteiger charge is 2.26. The topological polar surface area (TPSA) is 78.4 Å². The van der Waals surface area contributed by atoms with Gasteiger partial charge in [0.1, 0.15) is 5.82 Å². The van der Waals surface area contributed by atoms with Crippen molar-refractivity contribution in [2.75, 3.05) is 36.4 Å². The number of aromatic nitrogens is 2. The molecule has 3 aromatic rings. The van der Waals surface area contributed by atoms with Gasteiger partial charge in [0.2, 0.25) is 16.0 Å². The van der Waals surface area contributed by atoms with Crippen LogP contribution >= 0.6 is 0 Å². The zero-order valence-corrected chi connectivity index (χ0v) is 19.1. The van der Waals surface area contributed by atoms with Crippen LogP contribution in [0.1, 0.15) is 16.8 Å². The summed E-state index contributed by atoms with van der Waals surface area (Å²) in [5.74, 6) is 1.33. The Kier molecular flexibility index (Phi) is 6.53. The minimum atomic E-state index is -3.47. The van der Waals surface area contributed by atoms with Gasteiger partial charge in [0, 0.05) is 49.0 Å². The Bertz CT molecular complexity index is 1190. The summed E-state index contributed by atoms with van der Waals surface area (Å²) in [6.45, 7) is 5.93. The molecule has 1 saturated heterocycles. The van der Waals surface area contributed by atoms with Gasteiger partial charge in [0.25, 0.3) is 0 Å². The second kappa shape index (κ2) is 9.50. The van der Waals surface area contributed by atoms with Crippen LogP contribution in [0.3, 0.4) is 0 Å². The van der Waals surface area contributed by atoms with Gasteiger partial charge in [-0.15, -0.1) is 0 Å². The van der Waals surface area contributed by atoms with Crippen molar-refractivity contribution in [3.8, 4) is 0 Å². The number of hydrogen-bond acceptors (Lipinski definition) is 6. The number of nitrogens with zero attached hydrogens (tertiary/aromatic N) is 4. The Hall–Kier alpha value is -3.23. The van der Waals surface area contributed by atoms with Crippen molar-refractivity contribution < 1.29 is 8.42 Å². The molecule has 8 heteroatoms. The van der Waals surface area contributed by atoms with E-state index in [9.17, 15) is 8.42 Å². The Morgan fingerprint density at radius 1 is 0.906 bits per heavy atom. The van der Waals surface area contributed by atoms with Gasteiger partial charge in [-0.1, -0.05) is 48.0 Å². The summed E-state index contributed by atoms with van der Waals surface area (Å²) < 4.78 is 27.0. The van der Waals surface area contributed by atoms with Gasteiger partial charge in [-0.3, -0.25) is 0 Å². The molecule has 7 nitrogen and oxygen atoms in total. The van der Waals surface area contributed by atoms with E-state index in [0.29, 0.717) is 32.1 Å². The molecule has 2 heterocycles. The highest BCUT2D eigenvalue weighted by atomic mass is 32.2. The number of piperazine rings is 1. The standard InChI is InChI=1S/C24H27N5O2S/c1-19-8-10-22(11-9-19)26-24-25-20(2)18-23(27-24)28-13-15-29(16-14-28)32(30,31)17-12-21-6-4-3-5-7-21/h3-12,17-18H,13-16H2,1-2H3,(H,25,26,27)/b17-12+. The maximum absolute atomic E-state index is 12.7. The number of rotatable bonds is 6. The van der Waals surface area contributed by atoms with Crippen molar-refractivity contribution >= 4 is 33.6 Å². The minimum absolute atomic E-state index is 0.408. The van der Waals surface area contributed by atoms with Crippen LogP contribution in [-0.2, 0) is 10.0 Å². The highest BCUT2D eigenvalue weighted by Crippen LogP contribution is 2.21. The van der Waals surface area contributed by atoms with E-state index in [1.54, 1.807) is 6.08 Å². The Labute approximate surface area is 189 Å². The number of benzene rings is 2. The van der Waals surface area contributed by atoms with Gasteiger partial charge in [-0.05, 0) is 37.6 Å². The maximum atomic E-state index is 12.7. The third kappa shape index (κ3) is 5.52. The lowest BCUT2D eigenvalue weighted by Crippen LogP contribution is -2.48. The summed E-state index contributed by atoms with van der Waals surface area (Å²) in [7, 11) is -3.47. The number of hydrogen-bond donors (Lipinski definition) is 1. The van der Waals surface area contributed by atoms with Crippen molar-refractivity contribution in [1.29, 1.82) is 0 Å². The summed E-state index contributed by atoms with van der Waals surface area (Å²) in [4.78, 5) is 11.2. The van der Waals surface area contributed by atoms with Crippen molar-refractivity contribution in [3.63, 3.8) is 0 Å². The molecule has 1 aromatic heterocycles. The summed E-state index contributed by atoms with van der Waals surface area (Å²) in [5.41, 5.74) is 3.83. The van der Waals surface area contributed by atoms with E-state index in [2.05, 4.69) is 20.2 Å². The maximum Gasteiger partial charge on any atom is 0.236 e. The van der Waals surface area contributed by atoms with Gasteiger partial charge in [-0.25, -0.2) is 13.4 Å². The number of sulfonamides is 1. The summed E-state index contributed by atoms with van der Waals surface area (Å²) in [6, 6.07) is 19.4. The van der Waals surface area contributed by atoms with Gasteiger partial charge >= 0.3 is 0 Å². The lowest BCUT2D eigenvalue weighted by molar-refractivity contribution is 0.389. The second-order valence-electron chi connectivity index (χ2n) is 7.83. The Balaban J connectivity index is 1.42. The zero-order valence-electron chi connectivity index (χ0n) is 18.3. The van der Waals surface area contributed by atoms with E-state index in [4.69, 9.17) is 0 Å². The van der Waals surface area contributed by atoms with Crippen molar-refractivity contribution in [1.82, 2.24) is 14.3 Å². The normalized spacial score (nSPS) is 15.2. The van der Waals surface area contributed by atoms with E-state index in [1.165, 1.54) is 15.3 Å². The third-order valence-electron chi connectivity index (χ3n) is 5.30. The molecule has 0 unspecified atom stereocenters. The molecule has 0 bridgehead atoms. The average Bonchev–Trinajstić information content (AvgIpc) is 2.80. The summed E-state index contributed by atoms with van der Waals surface area (Å²) >= 11 is 0. The molecule has 2 aromatic carbocycles. The zero-order chi connectivity index (χ0) is 22.6. The molecular formula is C24H27N5O2S. The van der Waals surface area contributed by atoms with Crippen LogP contribution in [-0.4, -0.2) is 48.9 Å². The largest absolute Gasteiger partial charge is 0.354 e. The smallest absolute Gasteiger partial charge is 0.236 e. The molecule has 0 spiro atoms. The Morgan fingerprint density at radius 2 is 1.59 bits per heavy atom. The van der Waals surface area contributed by atoms with E-state index in [1.807, 2.05) is 74.5 Å². The van der Waals surface area contributed by atoms with Gasteiger partial charge in [0.05, 0.1) is 0 Å².